The molecule has 0 aliphatic rings. The van der Waals surface area contributed by atoms with Crippen LogP contribution in [0.25, 0.3) is 0 Å². The average molecular weight is 412 g/mol. The van der Waals surface area contributed by atoms with Gasteiger partial charge in [-0.25, -0.2) is 14.4 Å². The third-order valence-corrected chi connectivity index (χ3v) is 4.29. The van der Waals surface area contributed by atoms with Crippen molar-refractivity contribution in [3.05, 3.63) is 66.2 Å². The van der Waals surface area contributed by atoms with Crippen LogP contribution in [0.5, 0.6) is 0 Å². The number of benzene rings is 2. The number of para-hydroxylation sites is 1. The largest absolute Gasteiger partial charge is 0.476 e. The molecule has 0 heterocycles. The molecule has 0 radical (unpaired) electrons. The molecule has 0 saturated heterocycles. The van der Waals surface area contributed by atoms with Crippen LogP contribution in [0.2, 0.25) is 0 Å². The Bertz CT molecular complexity index is 766. The minimum absolute atomic E-state index is 0.0995. The van der Waals surface area contributed by atoms with Gasteiger partial charge in [-0.2, -0.15) is 0 Å². The number of carbonyl (C=O) groups is 1. The van der Waals surface area contributed by atoms with Gasteiger partial charge in [0.1, 0.15) is 0 Å². The first-order valence-corrected chi connectivity index (χ1v) is 11.0. The van der Waals surface area contributed by atoms with Crippen LogP contribution in [0.15, 0.2) is 60.7 Å². The van der Waals surface area contributed by atoms with E-state index in [1.54, 1.807) is 12.1 Å². The first-order valence-electron chi connectivity index (χ1n) is 8.53. The van der Waals surface area contributed by atoms with Gasteiger partial charge in [0.15, 0.2) is 6.04 Å². The van der Waals surface area contributed by atoms with Gasteiger partial charge in [0.25, 0.3) is 0 Å². The molecule has 2 aromatic carbocycles. The molecule has 0 amide bonds. The fraction of sp³-hybridized carbons (Fsp3) is 0.316. The van der Waals surface area contributed by atoms with Gasteiger partial charge in [0, 0.05) is 11.2 Å². The third kappa shape index (κ3) is 7.35. The normalized spacial score (nSPS) is 14.4. The molecule has 6 nitrogen and oxygen atoms in total. The van der Waals surface area contributed by atoms with Gasteiger partial charge in [-0.3, -0.25) is 4.84 Å². The quantitative estimate of drug-likeness (QED) is 0.466. The van der Waals surface area contributed by atoms with Gasteiger partial charge in [0.05, 0.1) is 12.3 Å². The molecular formula is C19H23ClNO5P. The number of hydroxylamine groups is 1. The summed E-state index contributed by atoms with van der Waals surface area (Å²) in [4.78, 5) is 27.7. The Labute approximate surface area is 163 Å². The molecule has 8 heteroatoms. The van der Waals surface area contributed by atoms with E-state index in [9.17, 15) is 14.3 Å². The summed E-state index contributed by atoms with van der Waals surface area (Å²) in [6.07, 6.45) is 0.347. The zero-order valence-electron chi connectivity index (χ0n) is 15.2. The molecule has 0 aliphatic heterocycles. The first kappa shape index (κ1) is 21.5. The van der Waals surface area contributed by atoms with E-state index in [-0.39, 0.29) is 12.5 Å². The molecule has 146 valence electrons. The fourth-order valence-corrected chi connectivity index (χ4v) is 3.09. The molecule has 1 N–H and O–H groups in total. The molecule has 2 atom stereocenters. The molecule has 2 rings (SSSR count). The number of halogens is 1. The second kappa shape index (κ2) is 9.90. The van der Waals surface area contributed by atoms with Crippen LogP contribution in [0.1, 0.15) is 25.8 Å². The van der Waals surface area contributed by atoms with Crippen molar-refractivity contribution in [1.82, 2.24) is 0 Å². The Hall–Kier alpha value is -1.85. The van der Waals surface area contributed by atoms with E-state index in [1.165, 1.54) is 5.06 Å². The van der Waals surface area contributed by atoms with Crippen LogP contribution in [0, 0.1) is 5.92 Å². The number of anilines is 1. The van der Waals surface area contributed by atoms with Crippen molar-refractivity contribution in [2.45, 2.75) is 32.9 Å². The molecular weight excluding hydrogens is 389 g/mol. The SMILES string of the molecule is CC(C)CC(C(=O)OP(=O)(O)Cl)N(OCc1ccccc1)c1ccccc1. The lowest BCUT2D eigenvalue weighted by atomic mass is 10.0. The molecule has 0 saturated carbocycles. The lowest BCUT2D eigenvalue weighted by molar-refractivity contribution is -0.139. The lowest BCUT2D eigenvalue weighted by Crippen LogP contribution is -2.43. The van der Waals surface area contributed by atoms with Crippen LogP contribution >= 0.6 is 18.2 Å². The topological polar surface area (TPSA) is 76.1 Å². The van der Waals surface area contributed by atoms with Crippen molar-refractivity contribution in [3.63, 3.8) is 0 Å². The van der Waals surface area contributed by atoms with Crippen LogP contribution in [-0.2, 0) is 25.3 Å². The van der Waals surface area contributed by atoms with Crippen LogP contribution in [0.3, 0.4) is 0 Å². The van der Waals surface area contributed by atoms with Crippen molar-refractivity contribution in [1.29, 1.82) is 0 Å². The Morgan fingerprint density at radius 2 is 1.67 bits per heavy atom. The van der Waals surface area contributed by atoms with Gasteiger partial charge in [-0.1, -0.05) is 62.4 Å². The molecule has 0 fully saturated rings. The van der Waals surface area contributed by atoms with E-state index < -0.39 is 19.0 Å². The van der Waals surface area contributed by atoms with Gasteiger partial charge < -0.3 is 9.42 Å². The van der Waals surface area contributed by atoms with Gasteiger partial charge >= 0.3 is 12.9 Å². The number of hydrogen-bond acceptors (Lipinski definition) is 5. The first-order chi connectivity index (χ1) is 12.8. The maximum Gasteiger partial charge on any atom is 0.476 e. The third-order valence-electron chi connectivity index (χ3n) is 3.68. The Morgan fingerprint density at radius 1 is 1.11 bits per heavy atom. The molecule has 0 aliphatic carbocycles. The highest BCUT2D eigenvalue weighted by Gasteiger charge is 2.34. The smallest absolute Gasteiger partial charge is 0.379 e. The van der Waals surface area contributed by atoms with Crippen LogP contribution in [0.4, 0.5) is 5.69 Å². The highest BCUT2D eigenvalue weighted by Crippen LogP contribution is 2.48. The standard InChI is InChI=1S/C19H23ClNO5P/c1-15(2)13-18(19(22)26-27(20,23)24)21(17-11-7-4-8-12-17)25-14-16-9-5-3-6-10-16/h3-12,15,18H,13-14H2,1-2H3,(H,23,24). The number of nitrogens with zero attached hydrogens (tertiary/aromatic N) is 1. The lowest BCUT2D eigenvalue weighted by Gasteiger charge is -2.32. The number of rotatable bonds is 9. The van der Waals surface area contributed by atoms with Crippen LogP contribution < -0.4 is 5.06 Å². The Balaban J connectivity index is 2.31. The van der Waals surface area contributed by atoms with Crippen molar-refractivity contribution in [2.24, 2.45) is 5.92 Å². The predicted molar refractivity (Wildman–Crippen MR) is 105 cm³/mol. The summed E-state index contributed by atoms with van der Waals surface area (Å²) in [5.41, 5.74) is 1.54. The van der Waals surface area contributed by atoms with Gasteiger partial charge in [-0.15, -0.1) is 0 Å². The van der Waals surface area contributed by atoms with Gasteiger partial charge in [0.2, 0.25) is 0 Å². The molecule has 0 aromatic heterocycles. The summed E-state index contributed by atoms with van der Waals surface area (Å²) in [5, 5.41) is 1.42. The summed E-state index contributed by atoms with van der Waals surface area (Å²) < 4.78 is 15.9. The average Bonchev–Trinajstić information content (AvgIpc) is 2.61. The van der Waals surface area contributed by atoms with Crippen molar-refractivity contribution >= 4 is 29.8 Å². The zero-order valence-corrected chi connectivity index (χ0v) is 16.8. The molecule has 2 unspecified atom stereocenters. The molecule has 0 bridgehead atoms. The number of carbonyl (C=O) groups excluding carboxylic acids is 1. The van der Waals surface area contributed by atoms with Crippen molar-refractivity contribution < 1.29 is 23.6 Å². The van der Waals surface area contributed by atoms with E-state index in [0.717, 1.165) is 5.56 Å². The maximum absolute atomic E-state index is 12.6. The minimum Gasteiger partial charge on any atom is -0.379 e. The van der Waals surface area contributed by atoms with E-state index in [1.807, 2.05) is 62.4 Å². The van der Waals surface area contributed by atoms with Gasteiger partial charge in [-0.05, 0) is 30.0 Å². The second-order valence-electron chi connectivity index (χ2n) is 6.43. The van der Waals surface area contributed by atoms with E-state index in [2.05, 4.69) is 4.52 Å². The highest BCUT2D eigenvalue weighted by molar-refractivity contribution is 7.80. The summed E-state index contributed by atoms with van der Waals surface area (Å²) in [5.74, 6) is -0.816. The predicted octanol–water partition coefficient (Wildman–Crippen LogP) is 4.92. The van der Waals surface area contributed by atoms with Crippen molar-refractivity contribution in [3.8, 4) is 0 Å². The summed E-state index contributed by atoms with van der Waals surface area (Å²) in [6, 6.07) is 17.6. The maximum atomic E-state index is 12.6. The van der Waals surface area contributed by atoms with E-state index in [0.29, 0.717) is 12.1 Å². The van der Waals surface area contributed by atoms with Crippen molar-refractivity contribution in [2.75, 3.05) is 5.06 Å². The Kier molecular flexibility index (Phi) is 7.87. The summed E-state index contributed by atoms with van der Waals surface area (Å²) in [6.45, 7) is -0.409. The summed E-state index contributed by atoms with van der Waals surface area (Å²) in [7, 11) is 0. The fourth-order valence-electron chi connectivity index (χ4n) is 2.54. The molecule has 0 spiro atoms. The molecule has 27 heavy (non-hydrogen) atoms. The second-order valence-corrected chi connectivity index (χ2v) is 8.79. The highest BCUT2D eigenvalue weighted by atomic mass is 35.7. The Morgan fingerprint density at radius 3 is 2.19 bits per heavy atom. The monoisotopic (exact) mass is 411 g/mol. The minimum atomic E-state index is -4.49. The van der Waals surface area contributed by atoms with Crippen LogP contribution in [-0.4, -0.2) is 16.9 Å². The van der Waals surface area contributed by atoms with E-state index in [4.69, 9.17) is 16.1 Å². The summed E-state index contributed by atoms with van der Waals surface area (Å²) >= 11 is 5.24. The number of hydrogen-bond donors (Lipinski definition) is 1. The zero-order chi connectivity index (χ0) is 19.9. The van der Waals surface area contributed by atoms with E-state index >= 15 is 0 Å². The molecule has 2 aromatic rings.